The van der Waals surface area contributed by atoms with Gasteiger partial charge in [-0.3, -0.25) is 4.79 Å². The summed E-state index contributed by atoms with van der Waals surface area (Å²) in [4.78, 5) is 14.0. The van der Waals surface area contributed by atoms with Gasteiger partial charge in [-0.15, -0.1) is 0 Å². The van der Waals surface area contributed by atoms with Crippen molar-refractivity contribution in [3.8, 4) is 0 Å². The molecule has 0 aliphatic heterocycles. The van der Waals surface area contributed by atoms with Gasteiger partial charge in [-0.25, -0.2) is 0 Å². The summed E-state index contributed by atoms with van der Waals surface area (Å²) in [6.45, 7) is 8.61. The Hall–Kier alpha value is -0.610. The highest BCUT2D eigenvalue weighted by Gasteiger charge is 2.25. The Bertz CT molecular complexity index is 215. The zero-order valence-corrected chi connectivity index (χ0v) is 11.6. The van der Waals surface area contributed by atoms with Crippen LogP contribution in [-0.2, 0) is 4.79 Å². The van der Waals surface area contributed by atoms with E-state index in [4.69, 9.17) is 10.8 Å². The molecule has 0 rings (SSSR count). The molecule has 0 aromatic heterocycles. The number of hydrogen-bond acceptors (Lipinski definition) is 3. The van der Waals surface area contributed by atoms with Crippen LogP contribution in [0.4, 0.5) is 0 Å². The third-order valence-electron chi connectivity index (χ3n) is 3.05. The topological polar surface area (TPSA) is 66.6 Å². The molecule has 17 heavy (non-hydrogen) atoms. The van der Waals surface area contributed by atoms with Crippen LogP contribution in [0.3, 0.4) is 0 Å². The van der Waals surface area contributed by atoms with Crippen LogP contribution >= 0.6 is 0 Å². The number of nitrogens with two attached hydrogens (primary N) is 1. The van der Waals surface area contributed by atoms with Crippen LogP contribution in [0.15, 0.2) is 0 Å². The quantitative estimate of drug-likeness (QED) is 0.677. The first-order valence-corrected chi connectivity index (χ1v) is 6.64. The van der Waals surface area contributed by atoms with Crippen molar-refractivity contribution in [2.45, 2.75) is 59.0 Å². The lowest BCUT2D eigenvalue weighted by Gasteiger charge is -2.32. The van der Waals surface area contributed by atoms with Crippen LogP contribution in [-0.4, -0.2) is 41.1 Å². The molecule has 0 saturated carbocycles. The van der Waals surface area contributed by atoms with Crippen LogP contribution in [0, 0.1) is 5.92 Å². The Morgan fingerprint density at radius 1 is 1.29 bits per heavy atom. The van der Waals surface area contributed by atoms with E-state index in [9.17, 15) is 4.79 Å². The van der Waals surface area contributed by atoms with Crippen molar-refractivity contribution in [2.24, 2.45) is 11.7 Å². The van der Waals surface area contributed by atoms with Crippen molar-refractivity contribution >= 4 is 5.91 Å². The highest BCUT2D eigenvalue weighted by atomic mass is 16.3. The van der Waals surface area contributed by atoms with Crippen molar-refractivity contribution < 1.29 is 9.90 Å². The van der Waals surface area contributed by atoms with Gasteiger partial charge in [-0.1, -0.05) is 27.7 Å². The monoisotopic (exact) mass is 244 g/mol. The lowest BCUT2D eigenvalue weighted by molar-refractivity contribution is -0.136. The minimum Gasteiger partial charge on any atom is -0.395 e. The first-order valence-electron chi connectivity index (χ1n) is 6.64. The van der Waals surface area contributed by atoms with Crippen molar-refractivity contribution in [1.29, 1.82) is 0 Å². The van der Waals surface area contributed by atoms with Crippen LogP contribution in [0.1, 0.15) is 47.0 Å². The number of hydrogen-bond donors (Lipinski definition) is 2. The zero-order valence-electron chi connectivity index (χ0n) is 11.6. The highest BCUT2D eigenvalue weighted by molar-refractivity contribution is 5.82. The molecule has 0 fully saturated rings. The Morgan fingerprint density at radius 3 is 2.18 bits per heavy atom. The van der Waals surface area contributed by atoms with Crippen molar-refractivity contribution in [2.75, 3.05) is 13.2 Å². The van der Waals surface area contributed by atoms with Gasteiger partial charge >= 0.3 is 0 Å². The molecule has 0 heterocycles. The van der Waals surface area contributed by atoms with E-state index in [1.54, 1.807) is 4.90 Å². The van der Waals surface area contributed by atoms with E-state index in [-0.39, 0.29) is 18.6 Å². The molecule has 1 atom stereocenters. The average molecular weight is 244 g/mol. The maximum absolute atomic E-state index is 12.2. The summed E-state index contributed by atoms with van der Waals surface area (Å²) in [5.41, 5.74) is 5.92. The molecule has 0 spiro atoms. The Labute approximate surface area is 105 Å². The van der Waals surface area contributed by atoms with Crippen molar-refractivity contribution in [3.63, 3.8) is 0 Å². The zero-order chi connectivity index (χ0) is 13.4. The summed E-state index contributed by atoms with van der Waals surface area (Å²) in [6, 6.07) is -0.255. The fourth-order valence-corrected chi connectivity index (χ4v) is 2.13. The summed E-state index contributed by atoms with van der Waals surface area (Å²) >= 11 is 0. The minimum absolute atomic E-state index is 0.00333. The summed E-state index contributed by atoms with van der Waals surface area (Å²) in [7, 11) is 0. The molecule has 102 valence electrons. The van der Waals surface area contributed by atoms with E-state index in [2.05, 4.69) is 27.7 Å². The van der Waals surface area contributed by atoms with Crippen molar-refractivity contribution in [1.82, 2.24) is 4.90 Å². The SMILES string of the molecule is CCC(CC)N(CCO)C(=O)[C@H](N)CC(C)C. The van der Waals surface area contributed by atoms with Gasteiger partial charge in [0.05, 0.1) is 12.6 Å². The fraction of sp³-hybridized carbons (Fsp3) is 0.923. The van der Waals surface area contributed by atoms with Gasteiger partial charge in [0.15, 0.2) is 0 Å². The molecule has 0 radical (unpaired) electrons. The lowest BCUT2D eigenvalue weighted by atomic mass is 10.0. The molecule has 1 amide bonds. The normalized spacial score (nSPS) is 13.2. The van der Waals surface area contributed by atoms with Gasteiger partial charge in [0.1, 0.15) is 0 Å². The first kappa shape index (κ1) is 16.4. The van der Waals surface area contributed by atoms with E-state index in [0.717, 1.165) is 12.8 Å². The molecule has 4 heteroatoms. The molecule has 0 aromatic carbocycles. The maximum Gasteiger partial charge on any atom is 0.239 e. The molecule has 0 bridgehead atoms. The van der Waals surface area contributed by atoms with E-state index >= 15 is 0 Å². The van der Waals surface area contributed by atoms with E-state index in [0.29, 0.717) is 18.9 Å². The predicted molar refractivity (Wildman–Crippen MR) is 70.6 cm³/mol. The predicted octanol–water partition coefficient (Wildman–Crippen LogP) is 1.37. The van der Waals surface area contributed by atoms with Gasteiger partial charge in [-0.2, -0.15) is 0 Å². The number of aliphatic hydroxyl groups excluding tert-OH is 1. The Morgan fingerprint density at radius 2 is 1.82 bits per heavy atom. The molecular weight excluding hydrogens is 216 g/mol. The molecule has 0 aromatic rings. The average Bonchev–Trinajstić information content (AvgIpc) is 2.27. The molecule has 0 aliphatic carbocycles. The number of aliphatic hydroxyl groups is 1. The van der Waals surface area contributed by atoms with Crippen LogP contribution in [0.5, 0.6) is 0 Å². The molecule has 0 unspecified atom stereocenters. The Kier molecular flexibility index (Phi) is 8.17. The molecular formula is C13H28N2O2. The largest absolute Gasteiger partial charge is 0.395 e. The maximum atomic E-state index is 12.2. The summed E-state index contributed by atoms with van der Waals surface area (Å²) in [6.07, 6.45) is 2.49. The van der Waals surface area contributed by atoms with Crippen LogP contribution in [0.25, 0.3) is 0 Å². The fourth-order valence-electron chi connectivity index (χ4n) is 2.13. The molecule has 0 aliphatic rings. The van der Waals surface area contributed by atoms with Crippen molar-refractivity contribution in [3.05, 3.63) is 0 Å². The number of carbonyl (C=O) groups is 1. The van der Waals surface area contributed by atoms with E-state index in [1.807, 2.05) is 0 Å². The van der Waals surface area contributed by atoms with Gasteiger partial charge in [0.2, 0.25) is 5.91 Å². The van der Waals surface area contributed by atoms with Gasteiger partial charge in [0.25, 0.3) is 0 Å². The molecule has 4 nitrogen and oxygen atoms in total. The second kappa shape index (κ2) is 8.48. The van der Waals surface area contributed by atoms with Gasteiger partial charge < -0.3 is 15.7 Å². The summed E-state index contributed by atoms with van der Waals surface area (Å²) in [5.74, 6) is 0.382. The van der Waals surface area contributed by atoms with Gasteiger partial charge in [-0.05, 0) is 25.2 Å². The number of amides is 1. The second-order valence-corrected chi connectivity index (χ2v) is 4.96. The second-order valence-electron chi connectivity index (χ2n) is 4.96. The lowest BCUT2D eigenvalue weighted by Crippen LogP contribution is -2.49. The third-order valence-corrected chi connectivity index (χ3v) is 3.05. The Balaban J connectivity index is 4.62. The standard InChI is InChI=1S/C13H28N2O2/c1-5-11(6-2)15(7-8-16)13(17)12(14)9-10(3)4/h10-12,16H,5-9,14H2,1-4H3/t12-/m1/s1. The minimum atomic E-state index is -0.442. The number of nitrogens with zero attached hydrogens (tertiary/aromatic N) is 1. The molecule has 0 saturated heterocycles. The first-order chi connectivity index (χ1) is 7.97. The number of rotatable bonds is 8. The van der Waals surface area contributed by atoms with Crippen LogP contribution in [0.2, 0.25) is 0 Å². The van der Waals surface area contributed by atoms with Gasteiger partial charge in [0, 0.05) is 12.6 Å². The van der Waals surface area contributed by atoms with E-state index < -0.39 is 6.04 Å². The third kappa shape index (κ3) is 5.50. The number of carbonyl (C=O) groups excluding carboxylic acids is 1. The van der Waals surface area contributed by atoms with Crippen LogP contribution < -0.4 is 5.73 Å². The highest BCUT2D eigenvalue weighted by Crippen LogP contribution is 2.12. The van der Waals surface area contributed by atoms with E-state index in [1.165, 1.54) is 0 Å². The summed E-state index contributed by atoms with van der Waals surface area (Å²) < 4.78 is 0. The molecule has 3 N–H and O–H groups in total. The smallest absolute Gasteiger partial charge is 0.239 e. The summed E-state index contributed by atoms with van der Waals surface area (Å²) in [5, 5.41) is 9.05.